The van der Waals surface area contributed by atoms with Crippen LogP contribution in [0.1, 0.15) is 18.7 Å². The summed E-state index contributed by atoms with van der Waals surface area (Å²) in [4.78, 5) is 4.50. The lowest BCUT2D eigenvalue weighted by atomic mass is 10.1. The number of ether oxygens (including phenoxy) is 1. The third kappa shape index (κ3) is 1.23. The minimum absolute atomic E-state index is 0.126. The van der Waals surface area contributed by atoms with Gasteiger partial charge in [-0.1, -0.05) is 0 Å². The summed E-state index contributed by atoms with van der Waals surface area (Å²) < 4.78 is 7.31. The van der Waals surface area contributed by atoms with Crippen molar-refractivity contribution in [2.45, 2.75) is 18.3 Å². The lowest BCUT2D eigenvalue weighted by Gasteiger charge is -2.11. The monoisotopic (exact) mass is 217 g/mol. The standard InChI is InChI=1S/C12H15N3O/c1-16-10-2-5-15-9(6-10)7-14-11(15)12(8-13)3-4-12/h2,5-7H,3-4,8,13H2,1H3. The summed E-state index contributed by atoms with van der Waals surface area (Å²) in [6.45, 7) is 0.679. The van der Waals surface area contributed by atoms with Crippen molar-refractivity contribution in [3.05, 3.63) is 30.4 Å². The zero-order valence-corrected chi connectivity index (χ0v) is 9.31. The number of methoxy groups -OCH3 is 1. The van der Waals surface area contributed by atoms with Gasteiger partial charge >= 0.3 is 0 Å². The van der Waals surface area contributed by atoms with E-state index in [1.54, 1.807) is 7.11 Å². The minimum Gasteiger partial charge on any atom is -0.497 e. The number of pyridine rings is 1. The van der Waals surface area contributed by atoms with Crippen LogP contribution >= 0.6 is 0 Å². The van der Waals surface area contributed by atoms with Crippen LogP contribution in [0.4, 0.5) is 0 Å². The zero-order chi connectivity index (χ0) is 11.2. The second-order valence-corrected chi connectivity index (χ2v) is 4.43. The number of rotatable bonds is 3. The summed E-state index contributed by atoms with van der Waals surface area (Å²) >= 11 is 0. The lowest BCUT2D eigenvalue weighted by Crippen LogP contribution is -2.22. The van der Waals surface area contributed by atoms with Gasteiger partial charge in [0.25, 0.3) is 0 Å². The van der Waals surface area contributed by atoms with Gasteiger partial charge in [0, 0.05) is 24.2 Å². The molecule has 2 aromatic rings. The van der Waals surface area contributed by atoms with E-state index in [2.05, 4.69) is 9.38 Å². The quantitative estimate of drug-likeness (QED) is 0.844. The van der Waals surface area contributed by atoms with E-state index in [0.717, 1.165) is 29.9 Å². The fourth-order valence-corrected chi connectivity index (χ4v) is 2.17. The van der Waals surface area contributed by atoms with Gasteiger partial charge in [0.05, 0.1) is 18.8 Å². The molecule has 2 N–H and O–H groups in total. The Bertz CT molecular complexity index is 528. The number of hydrogen-bond acceptors (Lipinski definition) is 3. The Morgan fingerprint density at radius 1 is 1.56 bits per heavy atom. The molecule has 4 heteroatoms. The predicted octanol–water partition coefficient (Wildman–Crippen LogP) is 1.33. The average molecular weight is 217 g/mol. The van der Waals surface area contributed by atoms with Crippen LogP contribution in [-0.2, 0) is 5.41 Å². The highest BCUT2D eigenvalue weighted by Gasteiger charge is 2.46. The maximum absolute atomic E-state index is 5.83. The molecular formula is C12H15N3O. The van der Waals surface area contributed by atoms with Gasteiger partial charge < -0.3 is 14.9 Å². The first-order valence-corrected chi connectivity index (χ1v) is 5.51. The van der Waals surface area contributed by atoms with Crippen LogP contribution in [0, 0.1) is 0 Å². The van der Waals surface area contributed by atoms with Crippen LogP contribution in [0.25, 0.3) is 5.52 Å². The van der Waals surface area contributed by atoms with E-state index in [1.165, 1.54) is 0 Å². The SMILES string of the molecule is COc1ccn2c(C3(CN)CC3)ncc2c1. The van der Waals surface area contributed by atoms with Crippen molar-refractivity contribution < 1.29 is 4.74 Å². The summed E-state index contributed by atoms with van der Waals surface area (Å²) in [7, 11) is 1.67. The number of hydrogen-bond donors (Lipinski definition) is 1. The van der Waals surface area contributed by atoms with E-state index in [9.17, 15) is 0 Å². The molecule has 2 aromatic heterocycles. The van der Waals surface area contributed by atoms with E-state index < -0.39 is 0 Å². The van der Waals surface area contributed by atoms with E-state index >= 15 is 0 Å². The van der Waals surface area contributed by atoms with Gasteiger partial charge in [-0.15, -0.1) is 0 Å². The molecule has 0 atom stereocenters. The molecule has 0 saturated heterocycles. The van der Waals surface area contributed by atoms with E-state index in [0.29, 0.717) is 6.54 Å². The van der Waals surface area contributed by atoms with Crippen LogP contribution in [0.15, 0.2) is 24.5 Å². The summed E-state index contributed by atoms with van der Waals surface area (Å²) in [6, 6.07) is 3.94. The molecule has 0 bridgehead atoms. The zero-order valence-electron chi connectivity index (χ0n) is 9.31. The van der Waals surface area contributed by atoms with Gasteiger partial charge in [-0.3, -0.25) is 0 Å². The van der Waals surface area contributed by atoms with E-state index in [1.807, 2.05) is 24.5 Å². The van der Waals surface area contributed by atoms with Crippen molar-refractivity contribution in [3.63, 3.8) is 0 Å². The first-order chi connectivity index (χ1) is 7.79. The highest BCUT2D eigenvalue weighted by atomic mass is 16.5. The van der Waals surface area contributed by atoms with Gasteiger partial charge in [0.15, 0.2) is 0 Å². The molecule has 16 heavy (non-hydrogen) atoms. The summed E-state index contributed by atoms with van der Waals surface area (Å²) in [5, 5.41) is 0. The largest absolute Gasteiger partial charge is 0.497 e. The number of nitrogens with two attached hydrogens (primary N) is 1. The molecule has 0 unspecified atom stereocenters. The third-order valence-electron chi connectivity index (χ3n) is 3.46. The molecule has 0 aromatic carbocycles. The normalized spacial score (nSPS) is 17.6. The Hall–Kier alpha value is -1.55. The van der Waals surface area contributed by atoms with E-state index in [-0.39, 0.29) is 5.41 Å². The van der Waals surface area contributed by atoms with Gasteiger partial charge in [-0.05, 0) is 18.9 Å². The minimum atomic E-state index is 0.126. The smallest absolute Gasteiger partial charge is 0.122 e. The van der Waals surface area contributed by atoms with Crippen molar-refractivity contribution >= 4 is 5.52 Å². The Morgan fingerprint density at radius 2 is 2.38 bits per heavy atom. The molecule has 2 heterocycles. The molecule has 1 saturated carbocycles. The molecule has 0 aliphatic heterocycles. The van der Waals surface area contributed by atoms with Crippen LogP contribution < -0.4 is 10.5 Å². The maximum atomic E-state index is 5.83. The molecule has 0 radical (unpaired) electrons. The number of fused-ring (bicyclic) bond motifs is 1. The molecular weight excluding hydrogens is 202 g/mol. The molecule has 1 fully saturated rings. The first kappa shape index (κ1) is 9.66. The van der Waals surface area contributed by atoms with Gasteiger partial charge in [0.1, 0.15) is 11.6 Å². The molecule has 1 aliphatic rings. The number of imidazole rings is 1. The number of nitrogens with zero attached hydrogens (tertiary/aromatic N) is 2. The summed E-state index contributed by atoms with van der Waals surface area (Å²) in [6.07, 6.45) is 6.18. The molecule has 3 rings (SSSR count). The van der Waals surface area contributed by atoms with Crippen molar-refractivity contribution in [2.24, 2.45) is 5.73 Å². The van der Waals surface area contributed by atoms with Crippen LogP contribution in [-0.4, -0.2) is 23.0 Å². The summed E-state index contributed by atoms with van der Waals surface area (Å²) in [5.74, 6) is 1.95. The first-order valence-electron chi connectivity index (χ1n) is 5.51. The van der Waals surface area contributed by atoms with Crippen molar-refractivity contribution in [1.82, 2.24) is 9.38 Å². The molecule has 1 aliphatic carbocycles. The second-order valence-electron chi connectivity index (χ2n) is 4.43. The molecule has 84 valence electrons. The highest BCUT2D eigenvalue weighted by molar-refractivity contribution is 5.51. The Labute approximate surface area is 94.0 Å². The highest BCUT2D eigenvalue weighted by Crippen LogP contribution is 2.46. The van der Waals surface area contributed by atoms with Gasteiger partial charge in [-0.2, -0.15) is 0 Å². The molecule has 0 spiro atoms. The maximum Gasteiger partial charge on any atom is 0.122 e. The van der Waals surface area contributed by atoms with Crippen molar-refractivity contribution in [1.29, 1.82) is 0 Å². The second kappa shape index (κ2) is 3.22. The van der Waals surface area contributed by atoms with Gasteiger partial charge in [0.2, 0.25) is 0 Å². The summed E-state index contributed by atoms with van der Waals surface area (Å²) in [5.41, 5.74) is 7.02. The van der Waals surface area contributed by atoms with Crippen LogP contribution in [0.3, 0.4) is 0 Å². The van der Waals surface area contributed by atoms with Crippen LogP contribution in [0.2, 0.25) is 0 Å². The fraction of sp³-hybridized carbons (Fsp3) is 0.417. The lowest BCUT2D eigenvalue weighted by molar-refractivity contribution is 0.414. The molecule has 0 amide bonds. The van der Waals surface area contributed by atoms with Crippen molar-refractivity contribution in [3.8, 4) is 5.75 Å². The Morgan fingerprint density at radius 3 is 3.00 bits per heavy atom. The van der Waals surface area contributed by atoms with Crippen molar-refractivity contribution in [2.75, 3.05) is 13.7 Å². The Kier molecular flexibility index (Phi) is 1.94. The van der Waals surface area contributed by atoms with E-state index in [4.69, 9.17) is 10.5 Å². The van der Waals surface area contributed by atoms with Gasteiger partial charge in [-0.25, -0.2) is 4.98 Å². The fourth-order valence-electron chi connectivity index (χ4n) is 2.17. The predicted molar refractivity (Wildman–Crippen MR) is 61.7 cm³/mol. The van der Waals surface area contributed by atoms with Crippen LogP contribution in [0.5, 0.6) is 5.75 Å². The molecule has 4 nitrogen and oxygen atoms in total. The topological polar surface area (TPSA) is 52.5 Å². The third-order valence-corrected chi connectivity index (χ3v) is 3.46. The number of aromatic nitrogens is 2. The Balaban J connectivity index is 2.14. The average Bonchev–Trinajstić information content (AvgIpc) is 3.02.